The van der Waals surface area contributed by atoms with Crippen LogP contribution in [0.2, 0.25) is 0 Å². The molecular formula is C7H5BrFNO4S. The van der Waals surface area contributed by atoms with E-state index in [-0.39, 0.29) is 15.7 Å². The Labute approximate surface area is 93.4 Å². The molecule has 0 spiro atoms. The third-order valence-corrected chi connectivity index (χ3v) is 2.90. The number of nitro benzene ring substituents is 1. The average Bonchev–Trinajstić information content (AvgIpc) is 2.05. The zero-order chi connectivity index (χ0) is 11.6. The van der Waals surface area contributed by atoms with Crippen molar-refractivity contribution in [2.24, 2.45) is 0 Å². The van der Waals surface area contributed by atoms with Crippen molar-refractivity contribution in [3.63, 3.8) is 0 Å². The first-order valence-corrected chi connectivity index (χ1v) is 5.99. The summed E-state index contributed by atoms with van der Waals surface area (Å²) in [6.07, 6.45) is 0. The number of halogens is 2. The molecule has 1 aromatic carbocycles. The third kappa shape index (κ3) is 3.56. The molecule has 0 unspecified atom stereocenters. The van der Waals surface area contributed by atoms with Gasteiger partial charge in [-0.1, -0.05) is 6.07 Å². The molecule has 0 aromatic heterocycles. The van der Waals surface area contributed by atoms with E-state index in [2.05, 4.69) is 15.9 Å². The van der Waals surface area contributed by atoms with Crippen LogP contribution in [0.3, 0.4) is 0 Å². The number of rotatable bonds is 3. The highest BCUT2D eigenvalue weighted by atomic mass is 79.9. The molecule has 1 aromatic rings. The van der Waals surface area contributed by atoms with Crippen LogP contribution in [0.25, 0.3) is 0 Å². The van der Waals surface area contributed by atoms with E-state index >= 15 is 0 Å². The second kappa shape index (κ2) is 4.23. The van der Waals surface area contributed by atoms with Crippen molar-refractivity contribution < 1.29 is 17.2 Å². The minimum Gasteiger partial charge on any atom is -0.258 e. The number of hydrogen-bond donors (Lipinski definition) is 0. The highest BCUT2D eigenvalue weighted by Crippen LogP contribution is 2.26. The first kappa shape index (κ1) is 12.1. The van der Waals surface area contributed by atoms with E-state index < -0.39 is 20.9 Å². The minimum absolute atomic E-state index is 0.0346. The van der Waals surface area contributed by atoms with Gasteiger partial charge in [-0.2, -0.15) is 8.42 Å². The van der Waals surface area contributed by atoms with Crippen LogP contribution in [0.15, 0.2) is 22.7 Å². The Morgan fingerprint density at radius 3 is 2.53 bits per heavy atom. The summed E-state index contributed by atoms with van der Waals surface area (Å²) in [6.45, 7) is 0. The van der Waals surface area contributed by atoms with Gasteiger partial charge in [-0.3, -0.25) is 10.1 Å². The number of benzene rings is 1. The maximum atomic E-state index is 12.3. The second-order valence-corrected chi connectivity index (χ2v) is 4.95. The Kier molecular flexibility index (Phi) is 3.40. The van der Waals surface area contributed by atoms with Gasteiger partial charge in [0, 0.05) is 6.07 Å². The van der Waals surface area contributed by atoms with Crippen molar-refractivity contribution in [3.8, 4) is 0 Å². The van der Waals surface area contributed by atoms with Crippen LogP contribution < -0.4 is 0 Å². The Morgan fingerprint density at radius 2 is 2.07 bits per heavy atom. The summed E-state index contributed by atoms with van der Waals surface area (Å²) in [5, 5.41) is 10.5. The van der Waals surface area contributed by atoms with Gasteiger partial charge in [0.15, 0.2) is 0 Å². The molecule has 0 atom stereocenters. The molecule has 8 heteroatoms. The summed E-state index contributed by atoms with van der Waals surface area (Å²) in [4.78, 5) is 9.79. The van der Waals surface area contributed by atoms with Gasteiger partial charge < -0.3 is 0 Å². The zero-order valence-electron chi connectivity index (χ0n) is 7.18. The summed E-state index contributed by atoms with van der Waals surface area (Å²) in [6, 6.07) is 3.62. The van der Waals surface area contributed by atoms with Crippen LogP contribution >= 0.6 is 15.9 Å². The van der Waals surface area contributed by atoms with E-state index in [9.17, 15) is 22.4 Å². The molecule has 0 saturated heterocycles. The fourth-order valence-corrected chi connectivity index (χ4v) is 1.96. The van der Waals surface area contributed by atoms with Crippen molar-refractivity contribution in [2.75, 3.05) is 0 Å². The predicted molar refractivity (Wildman–Crippen MR) is 54.5 cm³/mol. The molecule has 5 nitrogen and oxygen atoms in total. The van der Waals surface area contributed by atoms with Crippen molar-refractivity contribution in [3.05, 3.63) is 38.3 Å². The molecule has 0 N–H and O–H groups in total. The van der Waals surface area contributed by atoms with E-state index in [0.29, 0.717) is 0 Å². The molecule has 0 amide bonds. The van der Waals surface area contributed by atoms with Crippen LogP contribution in [0.5, 0.6) is 0 Å². The Balaban J connectivity index is 3.14. The highest BCUT2D eigenvalue weighted by molar-refractivity contribution is 9.10. The van der Waals surface area contributed by atoms with Gasteiger partial charge in [0.2, 0.25) is 0 Å². The summed E-state index contributed by atoms with van der Waals surface area (Å²) >= 11 is 2.93. The Bertz CT molecular complexity index is 502. The monoisotopic (exact) mass is 297 g/mol. The fourth-order valence-electron chi connectivity index (χ4n) is 0.987. The van der Waals surface area contributed by atoms with Crippen LogP contribution in [-0.2, 0) is 16.0 Å². The van der Waals surface area contributed by atoms with E-state index in [0.717, 1.165) is 6.07 Å². The normalized spacial score (nSPS) is 11.3. The lowest BCUT2D eigenvalue weighted by Crippen LogP contribution is -1.98. The van der Waals surface area contributed by atoms with Gasteiger partial charge in [0.25, 0.3) is 5.69 Å². The van der Waals surface area contributed by atoms with Crippen molar-refractivity contribution in [1.82, 2.24) is 0 Å². The van der Waals surface area contributed by atoms with Crippen LogP contribution in [0.1, 0.15) is 5.56 Å². The highest BCUT2D eigenvalue weighted by Gasteiger charge is 2.15. The second-order valence-electron chi connectivity index (χ2n) is 2.73. The van der Waals surface area contributed by atoms with Crippen molar-refractivity contribution >= 4 is 31.8 Å². The molecule has 82 valence electrons. The van der Waals surface area contributed by atoms with E-state index in [1.165, 1.54) is 12.1 Å². The smallest absolute Gasteiger partial charge is 0.258 e. The first-order chi connectivity index (χ1) is 6.79. The molecule has 0 radical (unpaired) electrons. The van der Waals surface area contributed by atoms with Crippen molar-refractivity contribution in [2.45, 2.75) is 5.75 Å². The van der Waals surface area contributed by atoms with Gasteiger partial charge in [-0.05, 0) is 27.6 Å². The summed E-state index contributed by atoms with van der Waals surface area (Å²) in [5.41, 5.74) is -0.261. The van der Waals surface area contributed by atoms with Gasteiger partial charge in [0.1, 0.15) is 5.75 Å². The summed E-state index contributed by atoms with van der Waals surface area (Å²) < 4.78 is 33.2. The molecule has 15 heavy (non-hydrogen) atoms. The van der Waals surface area contributed by atoms with Gasteiger partial charge in [-0.15, -0.1) is 3.89 Å². The summed E-state index contributed by atoms with van der Waals surface area (Å²) in [7, 11) is -4.67. The van der Waals surface area contributed by atoms with E-state index in [4.69, 9.17) is 0 Å². The first-order valence-electron chi connectivity index (χ1n) is 3.65. The van der Waals surface area contributed by atoms with E-state index in [1.807, 2.05) is 0 Å². The lowest BCUT2D eigenvalue weighted by atomic mass is 10.2. The van der Waals surface area contributed by atoms with E-state index in [1.54, 1.807) is 0 Å². The molecule has 0 aliphatic carbocycles. The molecule has 0 aliphatic rings. The largest absolute Gasteiger partial charge is 0.306 e. The molecule has 0 aliphatic heterocycles. The van der Waals surface area contributed by atoms with Crippen LogP contribution in [0, 0.1) is 10.1 Å². The number of hydrogen-bond acceptors (Lipinski definition) is 4. The molecule has 0 saturated carbocycles. The summed E-state index contributed by atoms with van der Waals surface area (Å²) in [5.74, 6) is -0.860. The Morgan fingerprint density at radius 1 is 1.47 bits per heavy atom. The van der Waals surface area contributed by atoms with Gasteiger partial charge in [0.05, 0.1) is 9.40 Å². The van der Waals surface area contributed by atoms with Gasteiger partial charge >= 0.3 is 10.2 Å². The Hall–Kier alpha value is -1.02. The maximum Gasteiger partial charge on any atom is 0.306 e. The molecule has 0 bridgehead atoms. The lowest BCUT2D eigenvalue weighted by Gasteiger charge is -1.99. The number of nitro groups is 1. The zero-order valence-corrected chi connectivity index (χ0v) is 9.59. The van der Waals surface area contributed by atoms with Crippen LogP contribution in [-0.4, -0.2) is 13.3 Å². The van der Waals surface area contributed by atoms with Crippen LogP contribution in [0.4, 0.5) is 9.57 Å². The maximum absolute atomic E-state index is 12.3. The predicted octanol–water partition coefficient (Wildman–Crippen LogP) is 2.16. The number of nitrogens with zero attached hydrogens (tertiary/aromatic N) is 1. The molecule has 0 fully saturated rings. The lowest BCUT2D eigenvalue weighted by molar-refractivity contribution is -0.385. The standard InChI is InChI=1S/C7H5BrFNO4S/c8-6-2-1-5(4-15(9,13)14)3-7(6)10(11)12/h1-3H,4H2. The third-order valence-electron chi connectivity index (χ3n) is 1.55. The molecular weight excluding hydrogens is 293 g/mol. The average molecular weight is 298 g/mol. The fraction of sp³-hybridized carbons (Fsp3) is 0.143. The quantitative estimate of drug-likeness (QED) is 0.486. The van der Waals surface area contributed by atoms with Crippen molar-refractivity contribution in [1.29, 1.82) is 0 Å². The molecule has 1 rings (SSSR count). The topological polar surface area (TPSA) is 77.3 Å². The SMILES string of the molecule is O=[N+]([O-])c1cc(CS(=O)(=O)F)ccc1Br. The van der Waals surface area contributed by atoms with Gasteiger partial charge in [-0.25, -0.2) is 0 Å². The minimum atomic E-state index is -4.67. The molecule has 0 heterocycles.